The van der Waals surface area contributed by atoms with E-state index in [1.165, 1.54) is 17.0 Å². The van der Waals surface area contributed by atoms with Crippen LogP contribution in [0, 0.1) is 5.82 Å². The van der Waals surface area contributed by atoms with Gasteiger partial charge in [0.25, 0.3) is 5.91 Å². The van der Waals surface area contributed by atoms with Crippen molar-refractivity contribution in [3.8, 4) is 0 Å². The van der Waals surface area contributed by atoms with Crippen LogP contribution in [0.1, 0.15) is 37.3 Å². The summed E-state index contributed by atoms with van der Waals surface area (Å²) in [6.07, 6.45) is 3.44. The molecule has 2 aliphatic heterocycles. The Kier molecular flexibility index (Phi) is 5.14. The topological polar surface area (TPSA) is 49.9 Å². The molecular weight excluding hydrogens is 311 g/mol. The van der Waals surface area contributed by atoms with E-state index in [9.17, 15) is 14.0 Å². The summed E-state index contributed by atoms with van der Waals surface area (Å²) in [7, 11) is 1.64. The molecule has 6 heteroatoms. The molecule has 0 N–H and O–H groups in total. The second kappa shape index (κ2) is 7.30. The molecule has 0 bridgehead atoms. The third-order valence-electron chi connectivity index (χ3n) is 4.84. The zero-order valence-corrected chi connectivity index (χ0v) is 13.9. The summed E-state index contributed by atoms with van der Waals surface area (Å²) < 4.78 is 19.3. The molecule has 0 spiro atoms. The smallest absolute Gasteiger partial charge is 0.254 e. The third kappa shape index (κ3) is 3.43. The minimum Gasteiger partial charge on any atom is -0.356 e. The fourth-order valence-corrected chi connectivity index (χ4v) is 3.48. The molecule has 0 aliphatic carbocycles. The molecule has 2 amide bonds. The van der Waals surface area contributed by atoms with Crippen molar-refractivity contribution in [3.05, 3.63) is 35.6 Å². The molecule has 2 aliphatic rings. The second-order valence-corrected chi connectivity index (χ2v) is 6.48. The maximum absolute atomic E-state index is 13.6. The molecule has 2 fully saturated rings. The lowest BCUT2D eigenvalue weighted by Crippen LogP contribution is -2.54. The lowest BCUT2D eigenvalue weighted by molar-refractivity contribution is -0.167. The van der Waals surface area contributed by atoms with Crippen LogP contribution < -0.4 is 0 Å². The van der Waals surface area contributed by atoms with Gasteiger partial charge in [0.2, 0.25) is 5.91 Å². The Balaban J connectivity index is 1.88. The first-order valence-corrected chi connectivity index (χ1v) is 8.49. The summed E-state index contributed by atoms with van der Waals surface area (Å²) in [4.78, 5) is 28.4. The maximum Gasteiger partial charge on any atom is 0.254 e. The molecule has 3 rings (SSSR count). The van der Waals surface area contributed by atoms with Crippen LogP contribution in [0.4, 0.5) is 4.39 Å². The predicted molar refractivity (Wildman–Crippen MR) is 86.7 cm³/mol. The number of morpholine rings is 1. The van der Waals surface area contributed by atoms with Crippen LogP contribution in [0.2, 0.25) is 0 Å². The standard InChI is InChI=1S/C18H23FN2O3/c1-20-15(22)12-24-17(16(20)13-7-6-8-14(19)11-13)18(23)21-9-4-2-3-5-10-21/h6-8,11,16-17H,2-5,9-10,12H2,1H3/t16-,17-/m0/s1. The van der Waals surface area contributed by atoms with Gasteiger partial charge in [0.05, 0.1) is 6.04 Å². The number of carbonyl (C=O) groups excluding carboxylic acids is 2. The number of ether oxygens (including phenoxy) is 1. The van der Waals surface area contributed by atoms with Gasteiger partial charge in [-0.3, -0.25) is 9.59 Å². The van der Waals surface area contributed by atoms with Crippen LogP contribution in [0.3, 0.4) is 0 Å². The van der Waals surface area contributed by atoms with E-state index in [0.29, 0.717) is 18.7 Å². The number of benzene rings is 1. The zero-order valence-electron chi connectivity index (χ0n) is 13.9. The van der Waals surface area contributed by atoms with E-state index in [-0.39, 0.29) is 24.2 Å². The number of likely N-dealkylation sites (tertiary alicyclic amines) is 1. The van der Waals surface area contributed by atoms with Crippen molar-refractivity contribution in [1.29, 1.82) is 0 Å². The highest BCUT2D eigenvalue weighted by molar-refractivity contribution is 5.86. The molecule has 1 aromatic rings. The maximum atomic E-state index is 13.6. The molecule has 0 unspecified atom stereocenters. The molecule has 130 valence electrons. The van der Waals surface area contributed by atoms with Crippen molar-refractivity contribution >= 4 is 11.8 Å². The van der Waals surface area contributed by atoms with Crippen molar-refractivity contribution < 1.29 is 18.7 Å². The van der Waals surface area contributed by atoms with Crippen LogP contribution in [0.25, 0.3) is 0 Å². The van der Waals surface area contributed by atoms with Gasteiger partial charge in [0.1, 0.15) is 12.4 Å². The lowest BCUT2D eigenvalue weighted by Gasteiger charge is -2.40. The summed E-state index contributed by atoms with van der Waals surface area (Å²) >= 11 is 0. The second-order valence-electron chi connectivity index (χ2n) is 6.48. The van der Waals surface area contributed by atoms with E-state index in [0.717, 1.165) is 25.7 Å². The number of hydrogen-bond donors (Lipinski definition) is 0. The number of rotatable bonds is 2. The van der Waals surface area contributed by atoms with E-state index < -0.39 is 12.1 Å². The SMILES string of the molecule is CN1C(=O)CO[C@H](C(=O)N2CCCCCC2)[C@@H]1c1cccc(F)c1. The van der Waals surface area contributed by atoms with Gasteiger partial charge in [0, 0.05) is 20.1 Å². The van der Waals surface area contributed by atoms with Crippen molar-refractivity contribution in [2.75, 3.05) is 26.7 Å². The highest BCUT2D eigenvalue weighted by Gasteiger charge is 2.41. The van der Waals surface area contributed by atoms with Crippen LogP contribution in [-0.2, 0) is 14.3 Å². The third-order valence-corrected chi connectivity index (χ3v) is 4.84. The Hall–Kier alpha value is -1.95. The highest BCUT2D eigenvalue weighted by Crippen LogP contribution is 2.31. The average Bonchev–Trinajstić information content (AvgIpc) is 2.86. The molecular formula is C18H23FN2O3. The molecule has 2 heterocycles. The fraction of sp³-hybridized carbons (Fsp3) is 0.556. The minimum atomic E-state index is -0.785. The molecule has 0 aromatic heterocycles. The van der Waals surface area contributed by atoms with Gasteiger partial charge in [-0.15, -0.1) is 0 Å². The van der Waals surface area contributed by atoms with Crippen molar-refractivity contribution in [2.45, 2.75) is 37.8 Å². The van der Waals surface area contributed by atoms with E-state index >= 15 is 0 Å². The van der Waals surface area contributed by atoms with Gasteiger partial charge in [0.15, 0.2) is 6.10 Å². The average molecular weight is 334 g/mol. The Morgan fingerprint density at radius 1 is 1.21 bits per heavy atom. The van der Waals surface area contributed by atoms with E-state index in [1.807, 2.05) is 4.90 Å². The van der Waals surface area contributed by atoms with Crippen LogP contribution in [-0.4, -0.2) is 54.5 Å². The summed E-state index contributed by atoms with van der Waals surface area (Å²) in [5.74, 6) is -0.699. The van der Waals surface area contributed by atoms with Gasteiger partial charge in [-0.25, -0.2) is 4.39 Å². The van der Waals surface area contributed by atoms with E-state index in [2.05, 4.69) is 0 Å². The number of likely N-dealkylation sites (N-methyl/N-ethyl adjacent to an activating group) is 1. The first kappa shape index (κ1) is 16.9. The van der Waals surface area contributed by atoms with Gasteiger partial charge in [-0.1, -0.05) is 25.0 Å². The van der Waals surface area contributed by atoms with Crippen LogP contribution >= 0.6 is 0 Å². The number of nitrogens with zero attached hydrogens (tertiary/aromatic N) is 2. The van der Waals surface area contributed by atoms with Gasteiger partial charge < -0.3 is 14.5 Å². The van der Waals surface area contributed by atoms with Crippen LogP contribution in [0.15, 0.2) is 24.3 Å². The normalized spacial score (nSPS) is 25.5. The first-order valence-electron chi connectivity index (χ1n) is 8.49. The predicted octanol–water partition coefficient (Wildman–Crippen LogP) is 2.13. The Bertz CT molecular complexity index is 614. The van der Waals surface area contributed by atoms with E-state index in [4.69, 9.17) is 4.74 Å². The molecule has 0 saturated carbocycles. The highest BCUT2D eigenvalue weighted by atomic mass is 19.1. The summed E-state index contributed by atoms with van der Waals surface area (Å²) in [6, 6.07) is 5.43. The van der Waals surface area contributed by atoms with Gasteiger partial charge in [-0.2, -0.15) is 0 Å². The van der Waals surface area contributed by atoms with Crippen molar-refractivity contribution in [2.24, 2.45) is 0 Å². The monoisotopic (exact) mass is 334 g/mol. The largest absolute Gasteiger partial charge is 0.356 e. The van der Waals surface area contributed by atoms with Crippen molar-refractivity contribution in [1.82, 2.24) is 9.80 Å². The number of hydrogen-bond acceptors (Lipinski definition) is 3. The summed E-state index contributed by atoms with van der Waals surface area (Å²) in [6.45, 7) is 1.31. The molecule has 5 nitrogen and oxygen atoms in total. The number of amides is 2. The Morgan fingerprint density at radius 2 is 1.92 bits per heavy atom. The van der Waals surface area contributed by atoms with E-state index in [1.54, 1.807) is 19.2 Å². The Morgan fingerprint density at radius 3 is 2.58 bits per heavy atom. The number of carbonyl (C=O) groups is 2. The molecule has 1 aromatic carbocycles. The Labute approximate surface area is 141 Å². The van der Waals surface area contributed by atoms with Crippen LogP contribution in [0.5, 0.6) is 0 Å². The fourth-order valence-electron chi connectivity index (χ4n) is 3.48. The minimum absolute atomic E-state index is 0.106. The number of halogens is 1. The summed E-state index contributed by atoms with van der Waals surface area (Å²) in [5, 5.41) is 0. The van der Waals surface area contributed by atoms with Gasteiger partial charge >= 0.3 is 0 Å². The quantitative estimate of drug-likeness (QED) is 0.832. The molecule has 24 heavy (non-hydrogen) atoms. The first-order chi connectivity index (χ1) is 11.6. The zero-order chi connectivity index (χ0) is 17.1. The van der Waals surface area contributed by atoms with Gasteiger partial charge in [-0.05, 0) is 30.5 Å². The summed E-state index contributed by atoms with van der Waals surface area (Å²) in [5.41, 5.74) is 0.582. The molecule has 2 atom stereocenters. The lowest BCUT2D eigenvalue weighted by atomic mass is 9.97. The van der Waals surface area contributed by atoms with Crippen molar-refractivity contribution in [3.63, 3.8) is 0 Å². The molecule has 0 radical (unpaired) electrons. The molecule has 2 saturated heterocycles.